The van der Waals surface area contributed by atoms with E-state index < -0.39 is 6.67 Å². The summed E-state index contributed by atoms with van der Waals surface area (Å²) in [6.07, 6.45) is 7.61. The molecule has 0 aliphatic carbocycles. The number of nitrogens with zero attached hydrogens (tertiary/aromatic N) is 3. The van der Waals surface area contributed by atoms with Crippen LogP contribution in [0.1, 0.15) is 99.6 Å². The summed E-state index contributed by atoms with van der Waals surface area (Å²) < 4.78 is 19.2. The van der Waals surface area contributed by atoms with Crippen molar-refractivity contribution in [1.29, 1.82) is 0 Å². The Kier molecular flexibility index (Phi) is 12.4. The van der Waals surface area contributed by atoms with Gasteiger partial charge in [-0.25, -0.2) is 9.37 Å². The molecule has 1 saturated heterocycles. The van der Waals surface area contributed by atoms with E-state index in [9.17, 15) is 14.0 Å². The third-order valence-corrected chi connectivity index (χ3v) is 7.66. The van der Waals surface area contributed by atoms with Crippen LogP contribution < -0.4 is 10.6 Å². The number of amides is 2. The van der Waals surface area contributed by atoms with Crippen molar-refractivity contribution in [3.05, 3.63) is 118 Å². The largest absolute Gasteiger partial charge is 0.446 e. The minimum absolute atomic E-state index is 0.257. The van der Waals surface area contributed by atoms with Gasteiger partial charge in [0, 0.05) is 43.2 Å². The highest BCUT2D eigenvalue weighted by atomic mass is 19.1. The molecule has 45 heavy (non-hydrogen) atoms. The van der Waals surface area contributed by atoms with Gasteiger partial charge in [0.05, 0.1) is 5.69 Å². The molecular weight excluding hydrogens is 569 g/mol. The van der Waals surface area contributed by atoms with Crippen LogP contribution in [0.3, 0.4) is 0 Å². The quantitative estimate of drug-likeness (QED) is 0.180. The number of aryl methyl sites for hydroxylation is 2. The molecule has 2 amide bonds. The van der Waals surface area contributed by atoms with E-state index in [2.05, 4.69) is 59.6 Å². The fraction of sp³-hybridized carbons (Fsp3) is 0.389. The Bertz CT molecular complexity index is 1540. The van der Waals surface area contributed by atoms with Gasteiger partial charge in [0.1, 0.15) is 19.0 Å². The van der Waals surface area contributed by atoms with Crippen molar-refractivity contribution in [2.24, 2.45) is 0 Å². The van der Waals surface area contributed by atoms with Crippen molar-refractivity contribution in [3.63, 3.8) is 0 Å². The smallest absolute Gasteiger partial charge is 0.254 e. The number of nitrogens with one attached hydrogen (secondary N) is 2. The second-order valence-corrected chi connectivity index (χ2v) is 11.8. The van der Waals surface area contributed by atoms with Gasteiger partial charge in [-0.15, -0.1) is 0 Å². The number of carbonyl (C=O) groups is 2. The number of aromatic nitrogens is 2. The number of pyridine rings is 1. The van der Waals surface area contributed by atoms with Gasteiger partial charge < -0.3 is 20.0 Å². The predicted molar refractivity (Wildman–Crippen MR) is 174 cm³/mol. The normalized spacial score (nSPS) is 14.3. The van der Waals surface area contributed by atoms with Crippen molar-refractivity contribution in [3.8, 4) is 0 Å². The van der Waals surface area contributed by atoms with Crippen LogP contribution in [0.15, 0.2) is 77.7 Å². The lowest BCUT2D eigenvalue weighted by Crippen LogP contribution is -2.31. The van der Waals surface area contributed by atoms with Crippen LogP contribution in [0.25, 0.3) is 0 Å². The van der Waals surface area contributed by atoms with E-state index >= 15 is 0 Å². The van der Waals surface area contributed by atoms with Crippen molar-refractivity contribution in [2.75, 3.05) is 19.6 Å². The Balaban J connectivity index is 0.000000580. The first-order valence-corrected chi connectivity index (χ1v) is 15.6. The van der Waals surface area contributed by atoms with E-state index in [1.165, 1.54) is 23.3 Å². The molecule has 1 fully saturated rings. The van der Waals surface area contributed by atoms with Gasteiger partial charge in [0.2, 0.25) is 5.89 Å². The number of rotatable bonds is 11. The highest BCUT2D eigenvalue weighted by Gasteiger charge is 2.34. The second kappa shape index (κ2) is 16.6. The third kappa shape index (κ3) is 9.81. The molecule has 2 N–H and O–H groups in total. The summed E-state index contributed by atoms with van der Waals surface area (Å²) in [7, 11) is 0. The van der Waals surface area contributed by atoms with Crippen LogP contribution in [-0.2, 0) is 13.2 Å². The summed E-state index contributed by atoms with van der Waals surface area (Å²) in [5, 5.41) is 6.25. The first-order chi connectivity index (χ1) is 21.7. The Labute approximate surface area is 265 Å². The summed E-state index contributed by atoms with van der Waals surface area (Å²) in [4.78, 5) is 36.6. The van der Waals surface area contributed by atoms with Gasteiger partial charge in [-0.2, -0.15) is 0 Å². The van der Waals surface area contributed by atoms with Gasteiger partial charge >= 0.3 is 0 Å². The van der Waals surface area contributed by atoms with Crippen LogP contribution in [0.5, 0.6) is 0 Å². The fourth-order valence-corrected chi connectivity index (χ4v) is 5.19. The maximum atomic E-state index is 13.6. The zero-order valence-corrected chi connectivity index (χ0v) is 26.7. The van der Waals surface area contributed by atoms with Gasteiger partial charge in [0.15, 0.2) is 0 Å². The molecule has 8 nitrogen and oxygen atoms in total. The summed E-state index contributed by atoms with van der Waals surface area (Å²) in [5.41, 5.74) is 5.27. The Hall–Kier alpha value is -4.37. The molecule has 2 aromatic heterocycles. The van der Waals surface area contributed by atoms with Gasteiger partial charge in [-0.3, -0.25) is 14.6 Å². The fourth-order valence-electron chi connectivity index (χ4n) is 5.19. The number of oxazole rings is 1. The Morgan fingerprint density at radius 1 is 1.02 bits per heavy atom. The van der Waals surface area contributed by atoms with Crippen molar-refractivity contribution in [2.45, 2.75) is 72.1 Å². The first-order valence-electron chi connectivity index (χ1n) is 15.6. The van der Waals surface area contributed by atoms with Crippen molar-refractivity contribution >= 4 is 11.8 Å². The molecule has 1 atom stereocenters. The molecule has 0 saturated carbocycles. The van der Waals surface area contributed by atoms with Crippen molar-refractivity contribution in [1.82, 2.24) is 25.5 Å². The second-order valence-electron chi connectivity index (χ2n) is 11.8. The molecule has 1 unspecified atom stereocenters. The Morgan fingerprint density at radius 3 is 2.47 bits per heavy atom. The molecule has 9 heteroatoms. The van der Waals surface area contributed by atoms with E-state index in [0.29, 0.717) is 42.6 Å². The van der Waals surface area contributed by atoms with Gasteiger partial charge in [-0.05, 0) is 80.5 Å². The SMILES string of the molecule is Cc1ccccc1.Cc1coc(C2CCCN2C(=O)c2cc(CF)cc(C(=O)NCCCNCc3cncc(C(C)C)c3)c2)n1. The lowest BCUT2D eigenvalue weighted by Gasteiger charge is -2.23. The predicted octanol–water partition coefficient (Wildman–Crippen LogP) is 6.85. The maximum absolute atomic E-state index is 13.6. The summed E-state index contributed by atoms with van der Waals surface area (Å²) in [6.45, 7) is 9.87. The van der Waals surface area contributed by atoms with Crippen LogP contribution in [0.2, 0.25) is 0 Å². The summed E-state index contributed by atoms with van der Waals surface area (Å²) >= 11 is 0. The molecule has 1 aliphatic heterocycles. The molecule has 0 bridgehead atoms. The molecule has 3 heterocycles. The highest BCUT2D eigenvalue weighted by molar-refractivity contribution is 6.00. The minimum Gasteiger partial charge on any atom is -0.446 e. The van der Waals surface area contributed by atoms with Crippen molar-refractivity contribution < 1.29 is 18.4 Å². The molecular formula is C36H44FN5O3. The number of alkyl halides is 1. The zero-order valence-electron chi connectivity index (χ0n) is 26.7. The van der Waals surface area contributed by atoms with Crippen LogP contribution >= 0.6 is 0 Å². The molecule has 2 aromatic carbocycles. The number of halogens is 1. The molecule has 238 valence electrons. The summed E-state index contributed by atoms with van der Waals surface area (Å²) in [6, 6.07) is 16.7. The number of benzene rings is 2. The highest BCUT2D eigenvalue weighted by Crippen LogP contribution is 2.33. The lowest BCUT2D eigenvalue weighted by atomic mass is 10.0. The standard InChI is InChI=1S/C29H36FN5O3.C7H8/c1-19(2)25-12-22(16-32-17-25)15-31-7-5-8-33-27(36)23-10-21(14-30)11-24(13-23)29(37)35-9-4-6-26(35)28-34-20(3)18-38-28;1-7-5-3-2-4-6-7/h10-13,16-19,26,31H,4-9,14-15H2,1-3H3,(H,33,36);2-6H,1H3. The molecule has 0 radical (unpaired) electrons. The minimum atomic E-state index is -0.763. The monoisotopic (exact) mass is 613 g/mol. The van der Waals surface area contributed by atoms with Gasteiger partial charge in [0.25, 0.3) is 11.8 Å². The molecule has 0 spiro atoms. The maximum Gasteiger partial charge on any atom is 0.254 e. The number of carbonyl (C=O) groups excluding carboxylic acids is 2. The van der Waals surface area contributed by atoms with E-state index in [-0.39, 0.29) is 23.4 Å². The van der Waals surface area contributed by atoms with Crippen LogP contribution in [0.4, 0.5) is 4.39 Å². The lowest BCUT2D eigenvalue weighted by molar-refractivity contribution is 0.0715. The average molecular weight is 614 g/mol. The van der Waals surface area contributed by atoms with Crippen LogP contribution in [-0.4, -0.2) is 46.3 Å². The van der Waals surface area contributed by atoms with Crippen LogP contribution in [0, 0.1) is 13.8 Å². The van der Waals surface area contributed by atoms with E-state index in [1.807, 2.05) is 37.5 Å². The molecule has 1 aliphatic rings. The first kappa shape index (κ1) is 33.5. The van der Waals surface area contributed by atoms with E-state index in [4.69, 9.17) is 4.42 Å². The van der Waals surface area contributed by atoms with E-state index in [1.54, 1.807) is 17.2 Å². The topological polar surface area (TPSA) is 100 Å². The average Bonchev–Trinajstić information content (AvgIpc) is 3.72. The summed E-state index contributed by atoms with van der Waals surface area (Å²) in [5.74, 6) is 0.348. The Morgan fingerprint density at radius 2 is 1.80 bits per heavy atom. The van der Waals surface area contributed by atoms with Gasteiger partial charge in [-0.1, -0.05) is 55.8 Å². The zero-order chi connectivity index (χ0) is 32.2. The van der Waals surface area contributed by atoms with E-state index in [0.717, 1.165) is 37.1 Å². The number of likely N-dealkylation sites (tertiary alicyclic amines) is 1. The number of hydrogen-bond acceptors (Lipinski definition) is 6. The number of hydrogen-bond donors (Lipinski definition) is 2. The molecule has 5 rings (SSSR count). The third-order valence-electron chi connectivity index (χ3n) is 7.66. The molecule has 4 aromatic rings.